The number of likely N-dealkylation sites (tertiary alicyclic amines) is 1. The van der Waals surface area contributed by atoms with Gasteiger partial charge in [0.1, 0.15) is 0 Å². The second-order valence-electron chi connectivity index (χ2n) is 8.21. The van der Waals surface area contributed by atoms with Crippen LogP contribution in [0.2, 0.25) is 0 Å². The van der Waals surface area contributed by atoms with Gasteiger partial charge < -0.3 is 9.80 Å². The molecule has 8 nitrogen and oxygen atoms in total. The van der Waals surface area contributed by atoms with E-state index in [0.29, 0.717) is 31.6 Å². The van der Waals surface area contributed by atoms with Crippen LogP contribution >= 0.6 is 0 Å². The Labute approximate surface area is 171 Å². The third-order valence-electron chi connectivity index (χ3n) is 6.23. The van der Waals surface area contributed by atoms with Gasteiger partial charge in [0.05, 0.1) is 5.69 Å². The molecule has 0 saturated carbocycles. The molecule has 0 aliphatic carbocycles. The fraction of sp³-hybridized carbons (Fsp3) is 0.619. The predicted molar refractivity (Wildman–Crippen MR) is 108 cm³/mol. The minimum Gasteiger partial charge on any atom is -0.343 e. The minimum atomic E-state index is -0.0430. The first-order valence-electron chi connectivity index (χ1n) is 10.6. The number of hydrogen-bond donors (Lipinski definition) is 0. The van der Waals surface area contributed by atoms with Crippen molar-refractivity contribution in [2.75, 3.05) is 19.6 Å². The van der Waals surface area contributed by atoms with Crippen molar-refractivity contribution in [3.8, 4) is 0 Å². The van der Waals surface area contributed by atoms with Crippen molar-refractivity contribution in [2.24, 2.45) is 14.1 Å². The number of nitrogens with zero attached hydrogens (tertiary/aromatic N) is 6. The number of fused-ring (bicyclic) bond motifs is 1. The van der Waals surface area contributed by atoms with Crippen molar-refractivity contribution in [3.63, 3.8) is 0 Å². The number of aryl methyl sites for hydroxylation is 4. The van der Waals surface area contributed by atoms with Gasteiger partial charge in [0.25, 0.3) is 5.91 Å². The summed E-state index contributed by atoms with van der Waals surface area (Å²) in [4.78, 5) is 29.3. The molecule has 0 N–H and O–H groups in total. The highest BCUT2D eigenvalue weighted by molar-refractivity contribution is 5.92. The zero-order chi connectivity index (χ0) is 20.5. The van der Waals surface area contributed by atoms with E-state index in [2.05, 4.69) is 10.2 Å². The van der Waals surface area contributed by atoms with Gasteiger partial charge in [-0.05, 0) is 32.3 Å². The van der Waals surface area contributed by atoms with E-state index in [0.717, 1.165) is 49.3 Å². The first-order valence-corrected chi connectivity index (χ1v) is 10.6. The van der Waals surface area contributed by atoms with Crippen LogP contribution < -0.4 is 0 Å². The summed E-state index contributed by atoms with van der Waals surface area (Å²) >= 11 is 0. The highest BCUT2D eigenvalue weighted by Gasteiger charge is 2.29. The van der Waals surface area contributed by atoms with Gasteiger partial charge in [0.15, 0.2) is 5.69 Å². The molecule has 0 aromatic carbocycles. The molecule has 0 radical (unpaired) electrons. The first-order chi connectivity index (χ1) is 13.9. The smallest absolute Gasteiger partial charge is 0.274 e. The molecule has 0 unspecified atom stereocenters. The van der Waals surface area contributed by atoms with Crippen LogP contribution in [0.5, 0.6) is 0 Å². The van der Waals surface area contributed by atoms with Gasteiger partial charge in [-0.15, -0.1) is 0 Å². The monoisotopic (exact) mass is 398 g/mol. The quantitative estimate of drug-likeness (QED) is 0.784. The van der Waals surface area contributed by atoms with Gasteiger partial charge in [0.2, 0.25) is 5.91 Å². The number of aromatic nitrogens is 4. The molecule has 2 aromatic heterocycles. The van der Waals surface area contributed by atoms with Crippen LogP contribution in [-0.4, -0.2) is 60.8 Å². The van der Waals surface area contributed by atoms with Crippen molar-refractivity contribution in [3.05, 3.63) is 34.4 Å². The molecule has 1 saturated heterocycles. The SMILES string of the molecule is Cc1cc(C(=O)N2CCc3c(c(CCC(=O)N4CCCCC4)nn3C)C2)nn1C. The Morgan fingerprint density at radius 1 is 1.00 bits per heavy atom. The number of rotatable bonds is 4. The van der Waals surface area contributed by atoms with Gasteiger partial charge in [-0.1, -0.05) is 0 Å². The first kappa shape index (κ1) is 19.7. The number of carbonyl (C=O) groups is 2. The normalized spacial score (nSPS) is 16.8. The number of hydrogen-bond acceptors (Lipinski definition) is 4. The number of carbonyl (C=O) groups excluding carboxylic acids is 2. The van der Waals surface area contributed by atoms with Crippen LogP contribution in [0.4, 0.5) is 0 Å². The summed E-state index contributed by atoms with van der Waals surface area (Å²) in [6.45, 7) is 4.89. The molecule has 156 valence electrons. The maximum Gasteiger partial charge on any atom is 0.274 e. The second-order valence-corrected chi connectivity index (χ2v) is 8.21. The molecular weight excluding hydrogens is 368 g/mol. The Hall–Kier alpha value is -2.64. The predicted octanol–water partition coefficient (Wildman–Crippen LogP) is 1.61. The Morgan fingerprint density at radius 2 is 1.76 bits per heavy atom. The molecule has 8 heteroatoms. The van der Waals surface area contributed by atoms with Crippen LogP contribution in [0.1, 0.15) is 58.8 Å². The van der Waals surface area contributed by atoms with Gasteiger partial charge in [0, 0.05) is 76.5 Å². The van der Waals surface area contributed by atoms with E-state index in [4.69, 9.17) is 0 Å². The van der Waals surface area contributed by atoms with E-state index in [9.17, 15) is 9.59 Å². The van der Waals surface area contributed by atoms with Gasteiger partial charge in [-0.25, -0.2) is 0 Å². The third kappa shape index (κ3) is 3.93. The third-order valence-corrected chi connectivity index (χ3v) is 6.23. The lowest BCUT2D eigenvalue weighted by Crippen LogP contribution is -2.37. The molecule has 2 amide bonds. The zero-order valence-electron chi connectivity index (χ0n) is 17.6. The van der Waals surface area contributed by atoms with E-state index >= 15 is 0 Å². The lowest BCUT2D eigenvalue weighted by atomic mass is 10.0. The molecular formula is C21H30N6O2. The fourth-order valence-corrected chi connectivity index (χ4v) is 4.40. The average molecular weight is 399 g/mol. The molecule has 4 heterocycles. The van der Waals surface area contributed by atoms with Crippen molar-refractivity contribution in [2.45, 2.75) is 52.0 Å². The Kier molecular flexibility index (Phi) is 5.43. The van der Waals surface area contributed by atoms with Gasteiger partial charge in [-0.2, -0.15) is 10.2 Å². The second kappa shape index (κ2) is 8.00. The number of piperidine rings is 1. The maximum absolute atomic E-state index is 12.9. The highest BCUT2D eigenvalue weighted by atomic mass is 16.2. The van der Waals surface area contributed by atoms with Crippen LogP contribution in [0.25, 0.3) is 0 Å². The van der Waals surface area contributed by atoms with Crippen LogP contribution in [0.3, 0.4) is 0 Å². The van der Waals surface area contributed by atoms with E-state index in [1.807, 2.05) is 41.6 Å². The molecule has 0 bridgehead atoms. The lowest BCUT2D eigenvalue weighted by molar-refractivity contribution is -0.132. The molecule has 29 heavy (non-hydrogen) atoms. The maximum atomic E-state index is 12.9. The van der Waals surface area contributed by atoms with Crippen LogP contribution in [0, 0.1) is 6.92 Å². The van der Waals surface area contributed by atoms with Crippen molar-refractivity contribution < 1.29 is 9.59 Å². The Morgan fingerprint density at radius 3 is 2.45 bits per heavy atom. The Balaban J connectivity index is 1.46. The summed E-state index contributed by atoms with van der Waals surface area (Å²) in [5.74, 6) is 0.176. The van der Waals surface area contributed by atoms with E-state index in [-0.39, 0.29) is 11.8 Å². The topological polar surface area (TPSA) is 76.3 Å². The zero-order valence-corrected chi connectivity index (χ0v) is 17.6. The van der Waals surface area contributed by atoms with Crippen molar-refractivity contribution in [1.82, 2.24) is 29.4 Å². The fourth-order valence-electron chi connectivity index (χ4n) is 4.40. The Bertz CT molecular complexity index is 902. The van der Waals surface area contributed by atoms with Crippen LogP contribution in [0.15, 0.2) is 6.07 Å². The molecule has 2 aliphatic heterocycles. The molecule has 2 aromatic rings. The molecule has 0 spiro atoms. The van der Waals surface area contributed by atoms with Crippen molar-refractivity contribution >= 4 is 11.8 Å². The van der Waals surface area contributed by atoms with Crippen LogP contribution in [-0.2, 0) is 38.3 Å². The molecule has 4 rings (SSSR count). The van der Waals surface area contributed by atoms with E-state index in [1.165, 1.54) is 12.1 Å². The highest BCUT2D eigenvalue weighted by Crippen LogP contribution is 2.24. The standard InChI is InChI=1S/C21H30N6O2/c1-15-13-18(23-24(15)2)21(29)27-12-9-19-16(14-27)17(22-25(19)3)7-8-20(28)26-10-5-4-6-11-26/h13H,4-12,14H2,1-3H3. The number of amides is 2. The van der Waals surface area contributed by atoms with Crippen molar-refractivity contribution in [1.29, 1.82) is 0 Å². The molecule has 2 aliphatic rings. The summed E-state index contributed by atoms with van der Waals surface area (Å²) in [7, 11) is 3.80. The summed E-state index contributed by atoms with van der Waals surface area (Å²) in [5, 5.41) is 9.02. The van der Waals surface area contributed by atoms with E-state index < -0.39 is 0 Å². The molecule has 0 atom stereocenters. The largest absolute Gasteiger partial charge is 0.343 e. The summed E-state index contributed by atoms with van der Waals surface area (Å²) < 4.78 is 3.65. The summed E-state index contributed by atoms with van der Waals surface area (Å²) in [5.41, 5.74) is 4.67. The summed E-state index contributed by atoms with van der Waals surface area (Å²) in [6, 6.07) is 1.83. The summed E-state index contributed by atoms with van der Waals surface area (Å²) in [6.07, 6.45) is 5.32. The molecule has 1 fully saturated rings. The minimum absolute atomic E-state index is 0.0430. The lowest BCUT2D eigenvalue weighted by Gasteiger charge is -2.28. The van der Waals surface area contributed by atoms with Gasteiger partial charge >= 0.3 is 0 Å². The average Bonchev–Trinajstić information content (AvgIpc) is 3.24. The van der Waals surface area contributed by atoms with E-state index in [1.54, 1.807) is 4.68 Å². The van der Waals surface area contributed by atoms with Gasteiger partial charge in [-0.3, -0.25) is 19.0 Å².